The molecular formula is C8H11N5O. The van der Waals surface area contributed by atoms with Crippen molar-refractivity contribution in [2.45, 2.75) is 13.0 Å². The second-order valence-corrected chi connectivity index (χ2v) is 3.04. The van der Waals surface area contributed by atoms with Gasteiger partial charge in [-0.2, -0.15) is 10.1 Å². The standard InChI is InChI=1S/C8H11N5O/c1-5-11-8-10-3-6(7(14)2-9)4-13(8)12-5/h3-4,7,14H,2,9H2,1H3. The zero-order valence-corrected chi connectivity index (χ0v) is 7.75. The van der Waals surface area contributed by atoms with Crippen molar-refractivity contribution in [3.8, 4) is 0 Å². The van der Waals surface area contributed by atoms with Crippen molar-refractivity contribution < 1.29 is 5.11 Å². The number of aliphatic hydroxyl groups is 1. The minimum Gasteiger partial charge on any atom is -0.387 e. The van der Waals surface area contributed by atoms with Crippen LogP contribution in [0.1, 0.15) is 17.5 Å². The monoisotopic (exact) mass is 193 g/mol. The summed E-state index contributed by atoms with van der Waals surface area (Å²) in [7, 11) is 0. The van der Waals surface area contributed by atoms with E-state index in [1.807, 2.05) is 0 Å². The Morgan fingerprint density at radius 2 is 2.43 bits per heavy atom. The van der Waals surface area contributed by atoms with E-state index >= 15 is 0 Å². The van der Waals surface area contributed by atoms with Crippen molar-refractivity contribution in [1.82, 2.24) is 19.6 Å². The molecule has 0 aliphatic carbocycles. The first-order valence-electron chi connectivity index (χ1n) is 4.28. The number of aromatic nitrogens is 4. The minimum absolute atomic E-state index is 0.168. The quantitative estimate of drug-likeness (QED) is 0.666. The van der Waals surface area contributed by atoms with Crippen LogP contribution in [0.15, 0.2) is 12.4 Å². The van der Waals surface area contributed by atoms with Crippen LogP contribution in [0.5, 0.6) is 0 Å². The van der Waals surface area contributed by atoms with Crippen LogP contribution in [-0.2, 0) is 0 Å². The lowest BCUT2D eigenvalue weighted by atomic mass is 10.2. The number of aryl methyl sites for hydroxylation is 1. The Morgan fingerprint density at radius 3 is 3.14 bits per heavy atom. The molecule has 1 unspecified atom stereocenters. The van der Waals surface area contributed by atoms with E-state index in [0.717, 1.165) is 0 Å². The second-order valence-electron chi connectivity index (χ2n) is 3.04. The highest BCUT2D eigenvalue weighted by Crippen LogP contribution is 2.09. The van der Waals surface area contributed by atoms with Gasteiger partial charge in [-0.25, -0.2) is 9.50 Å². The van der Waals surface area contributed by atoms with Crippen LogP contribution in [-0.4, -0.2) is 31.2 Å². The number of nitrogens with two attached hydrogens (primary N) is 1. The summed E-state index contributed by atoms with van der Waals surface area (Å²) in [5, 5.41) is 13.6. The summed E-state index contributed by atoms with van der Waals surface area (Å²) in [4.78, 5) is 8.11. The second kappa shape index (κ2) is 3.32. The Labute approximate surface area is 80.4 Å². The molecule has 2 aromatic rings. The van der Waals surface area contributed by atoms with Crippen LogP contribution >= 0.6 is 0 Å². The third kappa shape index (κ3) is 1.45. The Kier molecular flexibility index (Phi) is 2.14. The van der Waals surface area contributed by atoms with Crippen LogP contribution in [0.4, 0.5) is 0 Å². The van der Waals surface area contributed by atoms with Crippen molar-refractivity contribution >= 4 is 5.78 Å². The molecule has 2 aromatic heterocycles. The lowest BCUT2D eigenvalue weighted by Gasteiger charge is -2.06. The van der Waals surface area contributed by atoms with Gasteiger partial charge in [-0.15, -0.1) is 0 Å². The number of nitrogens with zero attached hydrogens (tertiary/aromatic N) is 4. The van der Waals surface area contributed by atoms with Gasteiger partial charge in [-0.3, -0.25) is 0 Å². The third-order valence-corrected chi connectivity index (χ3v) is 1.93. The Morgan fingerprint density at radius 1 is 1.64 bits per heavy atom. The van der Waals surface area contributed by atoms with Gasteiger partial charge in [-0.1, -0.05) is 0 Å². The van der Waals surface area contributed by atoms with E-state index in [-0.39, 0.29) is 6.54 Å². The summed E-state index contributed by atoms with van der Waals surface area (Å²) in [6, 6.07) is 0. The molecule has 0 aromatic carbocycles. The predicted molar refractivity (Wildman–Crippen MR) is 49.5 cm³/mol. The highest BCUT2D eigenvalue weighted by Gasteiger charge is 2.08. The summed E-state index contributed by atoms with van der Waals surface area (Å²) >= 11 is 0. The molecule has 0 fully saturated rings. The number of rotatable bonds is 2. The van der Waals surface area contributed by atoms with Crippen LogP contribution < -0.4 is 5.73 Å². The van der Waals surface area contributed by atoms with E-state index in [9.17, 15) is 5.11 Å². The van der Waals surface area contributed by atoms with Gasteiger partial charge in [-0.05, 0) is 6.92 Å². The summed E-state index contributed by atoms with van der Waals surface area (Å²) in [6.45, 7) is 1.95. The first kappa shape index (κ1) is 9.04. The van der Waals surface area contributed by atoms with Gasteiger partial charge in [0.15, 0.2) is 0 Å². The first-order valence-corrected chi connectivity index (χ1v) is 4.28. The van der Waals surface area contributed by atoms with E-state index in [2.05, 4.69) is 15.1 Å². The lowest BCUT2D eigenvalue weighted by molar-refractivity contribution is 0.185. The summed E-state index contributed by atoms with van der Waals surface area (Å²) in [5.41, 5.74) is 5.97. The highest BCUT2D eigenvalue weighted by molar-refractivity contribution is 5.28. The lowest BCUT2D eigenvalue weighted by Crippen LogP contribution is -2.12. The number of aliphatic hydroxyl groups excluding tert-OH is 1. The molecule has 1 atom stereocenters. The molecule has 0 bridgehead atoms. The van der Waals surface area contributed by atoms with Crippen molar-refractivity contribution in [2.24, 2.45) is 5.73 Å². The molecule has 14 heavy (non-hydrogen) atoms. The van der Waals surface area contributed by atoms with E-state index in [0.29, 0.717) is 17.2 Å². The van der Waals surface area contributed by atoms with Crippen molar-refractivity contribution in [3.05, 3.63) is 23.8 Å². The maximum absolute atomic E-state index is 9.47. The van der Waals surface area contributed by atoms with Crippen LogP contribution in [0.25, 0.3) is 5.78 Å². The Bertz CT molecular complexity index is 452. The normalized spacial score (nSPS) is 13.4. The highest BCUT2D eigenvalue weighted by atomic mass is 16.3. The molecule has 0 radical (unpaired) electrons. The summed E-state index contributed by atoms with van der Waals surface area (Å²) in [5.74, 6) is 1.17. The van der Waals surface area contributed by atoms with Crippen LogP contribution in [0.3, 0.4) is 0 Å². The minimum atomic E-state index is -0.698. The van der Waals surface area contributed by atoms with Gasteiger partial charge in [0, 0.05) is 24.5 Å². The molecule has 6 heteroatoms. The van der Waals surface area contributed by atoms with Gasteiger partial charge in [0.2, 0.25) is 0 Å². The smallest absolute Gasteiger partial charge is 0.252 e. The van der Waals surface area contributed by atoms with Crippen molar-refractivity contribution in [1.29, 1.82) is 0 Å². The summed E-state index contributed by atoms with van der Waals surface area (Å²) < 4.78 is 1.53. The topological polar surface area (TPSA) is 89.3 Å². The molecule has 0 aliphatic rings. The van der Waals surface area contributed by atoms with Gasteiger partial charge in [0.1, 0.15) is 5.82 Å². The zero-order chi connectivity index (χ0) is 10.1. The molecule has 6 nitrogen and oxygen atoms in total. The Hall–Kier alpha value is -1.53. The summed E-state index contributed by atoms with van der Waals surface area (Å²) in [6.07, 6.45) is 2.54. The van der Waals surface area contributed by atoms with E-state index in [1.165, 1.54) is 4.52 Å². The van der Waals surface area contributed by atoms with Gasteiger partial charge in [0.25, 0.3) is 5.78 Å². The molecule has 2 heterocycles. The fraction of sp³-hybridized carbons (Fsp3) is 0.375. The van der Waals surface area contributed by atoms with Crippen molar-refractivity contribution in [2.75, 3.05) is 6.54 Å². The maximum atomic E-state index is 9.47. The molecule has 0 amide bonds. The van der Waals surface area contributed by atoms with E-state index < -0.39 is 6.10 Å². The average molecular weight is 193 g/mol. The SMILES string of the molecule is Cc1nc2ncc(C(O)CN)cn2n1. The fourth-order valence-corrected chi connectivity index (χ4v) is 1.21. The van der Waals surface area contributed by atoms with Gasteiger partial charge >= 0.3 is 0 Å². The van der Waals surface area contributed by atoms with E-state index in [1.54, 1.807) is 19.3 Å². The number of fused-ring (bicyclic) bond motifs is 1. The van der Waals surface area contributed by atoms with Crippen molar-refractivity contribution in [3.63, 3.8) is 0 Å². The fourth-order valence-electron chi connectivity index (χ4n) is 1.21. The molecule has 0 aliphatic heterocycles. The third-order valence-electron chi connectivity index (χ3n) is 1.93. The zero-order valence-electron chi connectivity index (χ0n) is 7.75. The number of hydrogen-bond donors (Lipinski definition) is 2. The average Bonchev–Trinajstić information content (AvgIpc) is 2.55. The van der Waals surface area contributed by atoms with E-state index in [4.69, 9.17) is 5.73 Å². The predicted octanol–water partition coefficient (Wildman–Crippen LogP) is -0.575. The molecule has 0 saturated carbocycles. The van der Waals surface area contributed by atoms with Crippen LogP contribution in [0, 0.1) is 6.92 Å². The maximum Gasteiger partial charge on any atom is 0.252 e. The molecular weight excluding hydrogens is 182 g/mol. The largest absolute Gasteiger partial charge is 0.387 e. The molecule has 0 saturated heterocycles. The molecule has 74 valence electrons. The first-order chi connectivity index (χ1) is 6.70. The van der Waals surface area contributed by atoms with Gasteiger partial charge in [0.05, 0.1) is 6.10 Å². The molecule has 2 rings (SSSR count). The molecule has 0 spiro atoms. The molecule has 3 N–H and O–H groups in total. The van der Waals surface area contributed by atoms with Gasteiger partial charge < -0.3 is 10.8 Å². The number of hydrogen-bond acceptors (Lipinski definition) is 5. The Balaban J connectivity index is 2.50. The van der Waals surface area contributed by atoms with Crippen LogP contribution in [0.2, 0.25) is 0 Å².